The number of carboxylic acid groups (broad SMARTS) is 1. The van der Waals surface area contributed by atoms with Crippen molar-refractivity contribution in [2.45, 2.75) is 19.1 Å². The highest BCUT2D eigenvalue weighted by Gasteiger charge is 2.20. The van der Waals surface area contributed by atoms with E-state index in [9.17, 15) is 9.59 Å². The largest absolute Gasteiger partial charge is 0.480 e. The average molecular weight is 248 g/mol. The first kappa shape index (κ1) is 13.5. The van der Waals surface area contributed by atoms with Crippen molar-refractivity contribution in [2.24, 2.45) is 0 Å². The molecule has 0 fully saturated rings. The minimum absolute atomic E-state index is 0.0472. The lowest BCUT2D eigenvalue weighted by molar-refractivity contribution is -0.139. The molecule has 1 rings (SSSR count). The van der Waals surface area contributed by atoms with E-state index in [1.807, 2.05) is 6.07 Å². The molecule has 0 aliphatic carbocycles. The van der Waals surface area contributed by atoms with Crippen molar-refractivity contribution in [2.75, 3.05) is 0 Å². The van der Waals surface area contributed by atoms with Crippen LogP contribution in [0.1, 0.15) is 12.0 Å². The molecule has 0 bridgehead atoms. The van der Waals surface area contributed by atoms with Crippen LogP contribution in [0, 0.1) is 11.3 Å². The van der Waals surface area contributed by atoms with Gasteiger partial charge in [-0.2, -0.15) is 5.26 Å². The summed E-state index contributed by atoms with van der Waals surface area (Å²) in [7, 11) is 0. The average Bonchev–Trinajstić information content (AvgIpc) is 2.37. The number of amides is 1. The molecule has 0 saturated carbocycles. The third-order valence-electron chi connectivity index (χ3n) is 2.10. The van der Waals surface area contributed by atoms with Crippen molar-refractivity contribution in [1.82, 2.24) is 5.32 Å². The van der Waals surface area contributed by atoms with Gasteiger partial charge in [0.05, 0.1) is 12.5 Å². The Kier molecular flexibility index (Phi) is 5.19. The number of alkyl carbamates (subject to hydrolysis) is 1. The van der Waals surface area contributed by atoms with E-state index in [0.717, 1.165) is 5.56 Å². The van der Waals surface area contributed by atoms with Gasteiger partial charge in [-0.1, -0.05) is 30.3 Å². The molecule has 0 unspecified atom stereocenters. The first-order valence-electron chi connectivity index (χ1n) is 5.20. The Morgan fingerprint density at radius 1 is 1.39 bits per heavy atom. The van der Waals surface area contributed by atoms with Crippen molar-refractivity contribution >= 4 is 12.1 Å². The summed E-state index contributed by atoms with van der Waals surface area (Å²) in [6.07, 6.45) is -1.17. The normalized spacial score (nSPS) is 11.1. The van der Waals surface area contributed by atoms with Gasteiger partial charge in [-0.05, 0) is 5.56 Å². The molecule has 94 valence electrons. The van der Waals surface area contributed by atoms with Gasteiger partial charge in [0, 0.05) is 0 Å². The first-order chi connectivity index (χ1) is 8.63. The summed E-state index contributed by atoms with van der Waals surface area (Å²) in [5.74, 6) is -1.27. The molecule has 2 N–H and O–H groups in total. The molecule has 18 heavy (non-hydrogen) atoms. The van der Waals surface area contributed by atoms with E-state index < -0.39 is 18.1 Å². The molecule has 0 aliphatic rings. The van der Waals surface area contributed by atoms with Crippen LogP contribution < -0.4 is 5.32 Å². The number of hydrogen-bond donors (Lipinski definition) is 2. The maximum absolute atomic E-state index is 11.3. The highest BCUT2D eigenvalue weighted by atomic mass is 16.5. The summed E-state index contributed by atoms with van der Waals surface area (Å²) in [5, 5.41) is 19.2. The third-order valence-corrected chi connectivity index (χ3v) is 2.10. The van der Waals surface area contributed by atoms with Gasteiger partial charge in [0.2, 0.25) is 0 Å². The molecule has 1 amide bonds. The summed E-state index contributed by atoms with van der Waals surface area (Å²) in [6.45, 7) is 0.0472. The zero-order chi connectivity index (χ0) is 13.4. The van der Waals surface area contributed by atoms with Gasteiger partial charge in [-0.3, -0.25) is 0 Å². The highest BCUT2D eigenvalue weighted by molar-refractivity contribution is 5.80. The number of rotatable bonds is 5. The van der Waals surface area contributed by atoms with Crippen molar-refractivity contribution in [3.8, 4) is 6.07 Å². The van der Waals surface area contributed by atoms with Gasteiger partial charge in [-0.25, -0.2) is 9.59 Å². The second-order valence-corrected chi connectivity index (χ2v) is 3.46. The molecule has 0 saturated heterocycles. The van der Waals surface area contributed by atoms with Crippen LogP contribution in [-0.2, 0) is 16.1 Å². The second-order valence-electron chi connectivity index (χ2n) is 3.46. The Hall–Kier alpha value is -2.55. The fourth-order valence-electron chi connectivity index (χ4n) is 1.20. The number of hydrogen-bond acceptors (Lipinski definition) is 4. The van der Waals surface area contributed by atoms with E-state index in [0.29, 0.717) is 0 Å². The van der Waals surface area contributed by atoms with Crippen LogP contribution in [0.2, 0.25) is 0 Å². The molecule has 1 aromatic carbocycles. The SMILES string of the molecule is N#CC[C@@H](NC(=O)OCc1ccccc1)C(=O)O. The number of ether oxygens (including phenoxy) is 1. The predicted molar refractivity (Wildman–Crippen MR) is 61.4 cm³/mol. The Morgan fingerprint density at radius 3 is 2.61 bits per heavy atom. The molecule has 6 heteroatoms. The van der Waals surface area contributed by atoms with Crippen molar-refractivity contribution in [3.05, 3.63) is 35.9 Å². The molecule has 6 nitrogen and oxygen atoms in total. The monoisotopic (exact) mass is 248 g/mol. The topological polar surface area (TPSA) is 99.4 Å². The van der Waals surface area contributed by atoms with Crippen LogP contribution >= 0.6 is 0 Å². The van der Waals surface area contributed by atoms with Crippen LogP contribution in [0.5, 0.6) is 0 Å². The molecule has 0 heterocycles. The lowest BCUT2D eigenvalue weighted by Crippen LogP contribution is -2.40. The van der Waals surface area contributed by atoms with E-state index in [4.69, 9.17) is 15.1 Å². The fraction of sp³-hybridized carbons (Fsp3) is 0.250. The fourth-order valence-corrected chi connectivity index (χ4v) is 1.20. The quantitative estimate of drug-likeness (QED) is 0.817. The Balaban J connectivity index is 2.42. The van der Waals surface area contributed by atoms with Crippen LogP contribution in [0.4, 0.5) is 4.79 Å². The van der Waals surface area contributed by atoms with E-state index in [2.05, 4.69) is 5.32 Å². The van der Waals surface area contributed by atoms with Crippen LogP contribution in [0.25, 0.3) is 0 Å². The van der Waals surface area contributed by atoms with E-state index >= 15 is 0 Å². The van der Waals surface area contributed by atoms with Gasteiger partial charge >= 0.3 is 12.1 Å². The Bertz CT molecular complexity index is 453. The predicted octanol–water partition coefficient (Wildman–Crippen LogP) is 1.28. The van der Waals surface area contributed by atoms with Crippen molar-refractivity contribution in [1.29, 1.82) is 5.26 Å². The number of carbonyl (C=O) groups excluding carboxylic acids is 1. The molecule has 0 radical (unpaired) electrons. The standard InChI is InChI=1S/C12H12N2O4/c13-7-6-10(11(15)16)14-12(17)18-8-9-4-2-1-3-5-9/h1-5,10H,6,8H2,(H,14,17)(H,15,16)/t10-/m1/s1. The lowest BCUT2D eigenvalue weighted by atomic mass is 10.2. The highest BCUT2D eigenvalue weighted by Crippen LogP contribution is 2.01. The maximum Gasteiger partial charge on any atom is 0.408 e. The van der Waals surface area contributed by atoms with Gasteiger partial charge in [-0.15, -0.1) is 0 Å². The van der Waals surface area contributed by atoms with Crippen LogP contribution in [0.3, 0.4) is 0 Å². The van der Waals surface area contributed by atoms with E-state index in [1.165, 1.54) is 0 Å². The summed E-state index contributed by atoms with van der Waals surface area (Å²) in [6, 6.07) is 9.40. The Labute approximate surface area is 104 Å². The number of nitriles is 1. The zero-order valence-corrected chi connectivity index (χ0v) is 9.50. The number of carboxylic acids is 1. The lowest BCUT2D eigenvalue weighted by Gasteiger charge is -2.11. The molecule has 0 spiro atoms. The molecular formula is C12H12N2O4. The number of carbonyl (C=O) groups is 2. The summed E-state index contributed by atoms with van der Waals surface area (Å²) in [4.78, 5) is 22.0. The summed E-state index contributed by atoms with van der Waals surface area (Å²) >= 11 is 0. The minimum atomic E-state index is -1.27. The zero-order valence-electron chi connectivity index (χ0n) is 9.50. The van der Waals surface area contributed by atoms with Crippen LogP contribution in [-0.4, -0.2) is 23.2 Å². The Morgan fingerprint density at radius 2 is 2.06 bits per heavy atom. The molecule has 1 aromatic rings. The molecule has 0 aromatic heterocycles. The van der Waals surface area contributed by atoms with Gasteiger partial charge in [0.25, 0.3) is 0 Å². The van der Waals surface area contributed by atoms with Gasteiger partial charge in [0.15, 0.2) is 0 Å². The van der Waals surface area contributed by atoms with Crippen molar-refractivity contribution < 1.29 is 19.4 Å². The number of nitrogens with zero attached hydrogens (tertiary/aromatic N) is 1. The number of benzene rings is 1. The van der Waals surface area contributed by atoms with Crippen molar-refractivity contribution in [3.63, 3.8) is 0 Å². The minimum Gasteiger partial charge on any atom is -0.480 e. The number of nitrogens with one attached hydrogen (secondary N) is 1. The smallest absolute Gasteiger partial charge is 0.408 e. The summed E-state index contributed by atoms with van der Waals surface area (Å²) < 4.78 is 4.83. The van der Waals surface area contributed by atoms with Gasteiger partial charge < -0.3 is 15.2 Å². The molecule has 1 atom stereocenters. The molecular weight excluding hydrogens is 236 g/mol. The maximum atomic E-state index is 11.3. The third kappa shape index (κ3) is 4.53. The summed E-state index contributed by atoms with van der Waals surface area (Å²) in [5.41, 5.74) is 0.791. The second kappa shape index (κ2) is 6.91. The first-order valence-corrected chi connectivity index (χ1v) is 5.20. The van der Waals surface area contributed by atoms with Gasteiger partial charge in [0.1, 0.15) is 12.6 Å². The molecule has 0 aliphatic heterocycles. The van der Waals surface area contributed by atoms with Crippen LogP contribution in [0.15, 0.2) is 30.3 Å². The van der Waals surface area contributed by atoms with E-state index in [-0.39, 0.29) is 13.0 Å². The van der Waals surface area contributed by atoms with E-state index in [1.54, 1.807) is 30.3 Å². The number of aliphatic carboxylic acids is 1.